The lowest BCUT2D eigenvalue weighted by Gasteiger charge is -2.27. The lowest BCUT2D eigenvalue weighted by atomic mass is 10.1. The summed E-state index contributed by atoms with van der Waals surface area (Å²) >= 11 is 0. The van der Waals surface area contributed by atoms with Gasteiger partial charge in [-0.1, -0.05) is 6.08 Å². The van der Waals surface area contributed by atoms with E-state index in [1.807, 2.05) is 0 Å². The van der Waals surface area contributed by atoms with Crippen molar-refractivity contribution in [3.05, 3.63) is 41.6 Å². The number of carbonyl (C=O) groups is 2. The van der Waals surface area contributed by atoms with Crippen molar-refractivity contribution in [1.82, 2.24) is 9.80 Å². The number of hydrogen-bond acceptors (Lipinski definition) is 6. The first-order valence-electron chi connectivity index (χ1n) is 8.63. The molecular weight excluding hydrogens is 350 g/mol. The minimum atomic E-state index is -0.401. The van der Waals surface area contributed by atoms with Gasteiger partial charge in [-0.2, -0.15) is 0 Å². The first-order valence-corrected chi connectivity index (χ1v) is 8.63. The lowest BCUT2D eigenvalue weighted by Crippen LogP contribution is -2.43. The Morgan fingerprint density at radius 3 is 2.78 bits per heavy atom. The van der Waals surface area contributed by atoms with Crippen molar-refractivity contribution in [2.45, 2.75) is 18.7 Å². The fourth-order valence-electron chi connectivity index (χ4n) is 3.41. The number of likely N-dealkylation sites (N-methyl/N-ethyl adjacent to an activating group) is 1. The fraction of sp³-hybridized carbons (Fsp3) is 0.368. The number of anilines is 1. The third-order valence-electron chi connectivity index (χ3n) is 4.87. The van der Waals surface area contributed by atoms with Crippen LogP contribution in [-0.2, 0) is 9.53 Å². The molecule has 0 spiro atoms. The average Bonchev–Trinajstić information content (AvgIpc) is 3.26. The van der Waals surface area contributed by atoms with Gasteiger partial charge in [-0.15, -0.1) is 0 Å². The van der Waals surface area contributed by atoms with E-state index in [0.29, 0.717) is 29.2 Å². The van der Waals surface area contributed by atoms with Crippen LogP contribution in [0.1, 0.15) is 16.8 Å². The van der Waals surface area contributed by atoms with Crippen LogP contribution in [0.25, 0.3) is 0 Å². The van der Waals surface area contributed by atoms with Gasteiger partial charge >= 0.3 is 0 Å². The van der Waals surface area contributed by atoms with E-state index in [1.165, 1.54) is 11.0 Å². The van der Waals surface area contributed by atoms with Gasteiger partial charge in [0.1, 0.15) is 6.23 Å². The van der Waals surface area contributed by atoms with Crippen LogP contribution in [0.5, 0.6) is 11.5 Å². The molecule has 8 nitrogen and oxygen atoms in total. The monoisotopic (exact) mass is 371 g/mol. The first kappa shape index (κ1) is 17.4. The smallest absolute Gasteiger partial charge is 0.260 e. The Morgan fingerprint density at radius 2 is 2.07 bits per heavy atom. The third-order valence-corrected chi connectivity index (χ3v) is 4.87. The molecule has 0 aromatic heterocycles. The number of carbonyl (C=O) groups excluding carboxylic acids is 2. The van der Waals surface area contributed by atoms with Gasteiger partial charge in [-0.3, -0.25) is 9.59 Å². The van der Waals surface area contributed by atoms with Gasteiger partial charge in [0.25, 0.3) is 5.91 Å². The largest absolute Gasteiger partial charge is 0.454 e. The van der Waals surface area contributed by atoms with Crippen molar-refractivity contribution in [2.24, 2.45) is 0 Å². The number of nitrogens with one attached hydrogen (secondary N) is 1. The van der Waals surface area contributed by atoms with Crippen LogP contribution in [0.15, 0.2) is 36.1 Å². The molecule has 3 aliphatic rings. The fourth-order valence-corrected chi connectivity index (χ4v) is 3.41. The van der Waals surface area contributed by atoms with Crippen LogP contribution in [0, 0.1) is 0 Å². The molecule has 8 heteroatoms. The second-order valence-corrected chi connectivity index (χ2v) is 6.81. The van der Waals surface area contributed by atoms with Gasteiger partial charge < -0.3 is 29.3 Å². The third kappa shape index (κ3) is 3.02. The summed E-state index contributed by atoms with van der Waals surface area (Å²) in [5, 5.41) is 3.29. The van der Waals surface area contributed by atoms with Crippen LogP contribution < -0.4 is 14.8 Å². The molecule has 3 heterocycles. The van der Waals surface area contributed by atoms with E-state index in [0.717, 1.165) is 5.57 Å². The molecule has 1 N–H and O–H groups in total. The molecule has 0 saturated heterocycles. The number of hydrogen-bond donors (Lipinski definition) is 1. The Kier molecular flexibility index (Phi) is 4.27. The lowest BCUT2D eigenvalue weighted by molar-refractivity contribution is -0.123. The van der Waals surface area contributed by atoms with E-state index in [4.69, 9.17) is 14.2 Å². The minimum absolute atomic E-state index is 0.108. The Hall–Kier alpha value is -3.00. The van der Waals surface area contributed by atoms with Crippen LogP contribution in [0.3, 0.4) is 0 Å². The highest BCUT2D eigenvalue weighted by Gasteiger charge is 2.40. The molecule has 0 fully saturated rings. The van der Waals surface area contributed by atoms with Crippen molar-refractivity contribution < 1.29 is 23.8 Å². The molecule has 1 aromatic carbocycles. The van der Waals surface area contributed by atoms with E-state index in [9.17, 15) is 9.59 Å². The molecule has 27 heavy (non-hydrogen) atoms. The molecule has 1 aromatic rings. The van der Waals surface area contributed by atoms with E-state index >= 15 is 0 Å². The Balaban J connectivity index is 1.67. The van der Waals surface area contributed by atoms with Gasteiger partial charge in [0.15, 0.2) is 11.5 Å². The van der Waals surface area contributed by atoms with E-state index < -0.39 is 6.23 Å². The van der Waals surface area contributed by atoms with Gasteiger partial charge in [0.2, 0.25) is 12.7 Å². The summed E-state index contributed by atoms with van der Waals surface area (Å²) in [5.74, 6) is 0.898. The predicted molar refractivity (Wildman–Crippen MR) is 97.5 cm³/mol. The predicted octanol–water partition coefficient (Wildman–Crippen LogP) is 1.56. The highest BCUT2D eigenvalue weighted by Crippen LogP contribution is 2.41. The average molecular weight is 371 g/mol. The molecule has 0 aliphatic carbocycles. The Morgan fingerprint density at radius 1 is 1.33 bits per heavy atom. The molecule has 4 rings (SSSR count). The number of ether oxygens (including phenoxy) is 3. The number of allylic oxidation sites excluding steroid dienone is 1. The molecule has 1 unspecified atom stereocenters. The second-order valence-electron chi connectivity index (χ2n) is 6.81. The Bertz CT molecular complexity index is 861. The first-order chi connectivity index (χ1) is 13.0. The summed E-state index contributed by atoms with van der Waals surface area (Å²) < 4.78 is 16.4. The number of amides is 2. The summed E-state index contributed by atoms with van der Waals surface area (Å²) in [7, 11) is 4.99. The van der Waals surface area contributed by atoms with Crippen LogP contribution in [-0.4, -0.2) is 61.9 Å². The van der Waals surface area contributed by atoms with Crippen molar-refractivity contribution >= 4 is 17.5 Å². The van der Waals surface area contributed by atoms with Crippen molar-refractivity contribution in [3.8, 4) is 11.5 Å². The summed E-state index contributed by atoms with van der Waals surface area (Å²) in [4.78, 5) is 28.1. The van der Waals surface area contributed by atoms with Crippen molar-refractivity contribution in [3.63, 3.8) is 0 Å². The summed E-state index contributed by atoms with van der Waals surface area (Å²) in [5.41, 5.74) is 2.03. The topological polar surface area (TPSA) is 80.3 Å². The quantitative estimate of drug-likeness (QED) is 0.813. The second kappa shape index (κ2) is 6.62. The molecule has 142 valence electrons. The zero-order valence-electron chi connectivity index (χ0n) is 15.4. The molecule has 3 aliphatic heterocycles. The van der Waals surface area contributed by atoms with E-state index in [-0.39, 0.29) is 24.6 Å². The number of fused-ring (bicyclic) bond motifs is 3. The molecule has 0 radical (unpaired) electrons. The standard InChI is InChI=1S/C19H21N3O5/c1-21(2)17(23)5-4-11-6-14-18(25-3)20-13-8-16-15(26-10-27-16)7-12(13)19(24)22(14)9-11/h4-5,7-9,14,18,20H,6,10H2,1-3H3/b5-4+/t14-,18?/m0/s1. The maximum absolute atomic E-state index is 13.2. The highest BCUT2D eigenvalue weighted by atomic mass is 16.7. The van der Waals surface area contributed by atoms with Crippen molar-refractivity contribution in [1.29, 1.82) is 0 Å². The SMILES string of the molecule is COC1Nc2cc3c(cc2C(=O)N2C=C(/C=C/C(=O)N(C)C)C[C@@H]12)OCO3. The van der Waals surface area contributed by atoms with Gasteiger partial charge in [-0.25, -0.2) is 0 Å². The van der Waals surface area contributed by atoms with Crippen LogP contribution in [0.4, 0.5) is 5.69 Å². The number of rotatable bonds is 3. The maximum Gasteiger partial charge on any atom is 0.260 e. The van der Waals surface area contributed by atoms with Crippen LogP contribution in [0.2, 0.25) is 0 Å². The Labute approximate surface area is 157 Å². The molecular formula is C19H21N3O5. The highest BCUT2D eigenvalue weighted by molar-refractivity contribution is 6.02. The molecule has 2 atom stereocenters. The molecule has 0 saturated carbocycles. The zero-order valence-corrected chi connectivity index (χ0v) is 15.4. The van der Waals surface area contributed by atoms with E-state index in [2.05, 4.69) is 5.32 Å². The normalized spacial score (nSPS) is 22.9. The van der Waals surface area contributed by atoms with Gasteiger partial charge in [-0.05, 0) is 18.1 Å². The summed E-state index contributed by atoms with van der Waals surface area (Å²) in [6, 6.07) is 3.24. The number of nitrogens with zero attached hydrogens (tertiary/aromatic N) is 2. The zero-order chi connectivity index (χ0) is 19.1. The van der Waals surface area contributed by atoms with Gasteiger partial charge in [0.05, 0.1) is 17.3 Å². The molecule has 0 bridgehead atoms. The maximum atomic E-state index is 13.2. The van der Waals surface area contributed by atoms with Crippen molar-refractivity contribution in [2.75, 3.05) is 33.3 Å². The van der Waals surface area contributed by atoms with E-state index in [1.54, 1.807) is 50.5 Å². The number of methoxy groups -OCH3 is 1. The van der Waals surface area contributed by atoms with Crippen LogP contribution >= 0.6 is 0 Å². The summed E-state index contributed by atoms with van der Waals surface area (Å²) in [6.07, 6.45) is 5.21. The number of benzene rings is 1. The summed E-state index contributed by atoms with van der Waals surface area (Å²) in [6.45, 7) is 0.140. The molecule has 2 amide bonds. The van der Waals surface area contributed by atoms with Gasteiger partial charge in [0, 0.05) is 39.5 Å². The minimum Gasteiger partial charge on any atom is -0.454 e.